The molecule has 2 aliphatic rings. The second-order valence-electron chi connectivity index (χ2n) is 9.82. The van der Waals surface area contributed by atoms with E-state index in [0.29, 0.717) is 37.8 Å². The van der Waals surface area contributed by atoms with Crippen LogP contribution in [0.1, 0.15) is 15.4 Å². The van der Waals surface area contributed by atoms with Crippen LogP contribution in [0, 0.1) is 0 Å². The molecule has 0 spiro atoms. The molecule has 0 saturated carbocycles. The first-order valence-corrected chi connectivity index (χ1v) is 14.0. The van der Waals surface area contributed by atoms with Crippen molar-refractivity contribution in [3.05, 3.63) is 65.4 Å². The number of thiophene rings is 1. The molecule has 0 bridgehead atoms. The Hall–Kier alpha value is -3.93. The standard InChI is InChI=1S/C28H28N8O2S/c37-28(23-5-1-2-7-29-23)36-10-8-34(9-11-36)18-19-16-24-25(39-19)27(35-12-14-38-15-13-35)32-26(31-24)20-4-3-6-22-21(20)17-30-33-22/h1-7,16-17H,8-15,18H2,(H,30,33). The lowest BCUT2D eigenvalue weighted by Crippen LogP contribution is -2.48. The highest BCUT2D eigenvalue weighted by Gasteiger charge is 2.25. The summed E-state index contributed by atoms with van der Waals surface area (Å²) < 4.78 is 6.73. The first-order chi connectivity index (χ1) is 19.2. The SMILES string of the molecule is O=C(c1ccccn1)N1CCN(Cc2cc3nc(-c4cccc5[nH]ncc45)nc(N4CCOCC4)c3s2)CC1. The van der Waals surface area contributed by atoms with E-state index in [2.05, 4.69) is 37.1 Å². The Morgan fingerprint density at radius 3 is 2.69 bits per heavy atom. The van der Waals surface area contributed by atoms with Crippen molar-refractivity contribution in [2.45, 2.75) is 6.54 Å². The molecule has 5 aromatic rings. The minimum Gasteiger partial charge on any atom is -0.378 e. The molecule has 6 heterocycles. The van der Waals surface area contributed by atoms with Crippen molar-refractivity contribution in [3.63, 3.8) is 0 Å². The first kappa shape index (κ1) is 24.1. The maximum absolute atomic E-state index is 12.8. The van der Waals surface area contributed by atoms with Gasteiger partial charge in [-0.2, -0.15) is 5.10 Å². The molecule has 0 unspecified atom stereocenters. The molecule has 1 amide bonds. The summed E-state index contributed by atoms with van der Waals surface area (Å²) in [5.74, 6) is 1.69. The number of fused-ring (bicyclic) bond motifs is 2. The van der Waals surface area contributed by atoms with Gasteiger partial charge in [0.2, 0.25) is 0 Å². The lowest BCUT2D eigenvalue weighted by molar-refractivity contribution is 0.0624. The maximum Gasteiger partial charge on any atom is 0.272 e. The van der Waals surface area contributed by atoms with E-state index in [4.69, 9.17) is 14.7 Å². The fraction of sp³-hybridized carbons (Fsp3) is 0.321. The van der Waals surface area contributed by atoms with E-state index in [1.807, 2.05) is 35.4 Å². The van der Waals surface area contributed by atoms with Crippen molar-refractivity contribution in [3.8, 4) is 11.4 Å². The molecule has 2 saturated heterocycles. The van der Waals surface area contributed by atoms with Gasteiger partial charge in [0.05, 0.1) is 35.1 Å². The number of anilines is 1. The summed E-state index contributed by atoms with van der Waals surface area (Å²) in [5.41, 5.74) is 3.41. The van der Waals surface area contributed by atoms with Gasteiger partial charge in [0.15, 0.2) is 11.6 Å². The first-order valence-electron chi connectivity index (χ1n) is 13.2. The van der Waals surface area contributed by atoms with E-state index in [-0.39, 0.29) is 5.91 Å². The van der Waals surface area contributed by atoms with Gasteiger partial charge in [-0.15, -0.1) is 11.3 Å². The molecule has 0 aliphatic carbocycles. The third kappa shape index (κ3) is 4.73. The number of H-pyrrole nitrogens is 1. The van der Waals surface area contributed by atoms with E-state index < -0.39 is 0 Å². The largest absolute Gasteiger partial charge is 0.378 e. The highest BCUT2D eigenvalue weighted by atomic mass is 32.1. The molecule has 0 atom stereocenters. The van der Waals surface area contributed by atoms with Crippen LogP contribution in [0.2, 0.25) is 0 Å². The highest BCUT2D eigenvalue weighted by Crippen LogP contribution is 2.36. The minimum atomic E-state index is 0.00251. The van der Waals surface area contributed by atoms with Crippen LogP contribution in [0.3, 0.4) is 0 Å². The Balaban J connectivity index is 1.16. The molecule has 39 heavy (non-hydrogen) atoms. The molecular weight excluding hydrogens is 512 g/mol. The minimum absolute atomic E-state index is 0.00251. The summed E-state index contributed by atoms with van der Waals surface area (Å²) in [4.78, 5) is 35.0. The van der Waals surface area contributed by atoms with Crippen LogP contribution >= 0.6 is 11.3 Å². The zero-order valence-electron chi connectivity index (χ0n) is 21.4. The van der Waals surface area contributed by atoms with Crippen LogP contribution < -0.4 is 4.90 Å². The monoisotopic (exact) mass is 540 g/mol. The lowest BCUT2D eigenvalue weighted by Gasteiger charge is -2.34. The van der Waals surface area contributed by atoms with E-state index in [0.717, 1.165) is 65.2 Å². The molecule has 2 fully saturated rings. The average Bonchev–Trinajstić information content (AvgIpc) is 3.64. The van der Waals surface area contributed by atoms with Crippen molar-refractivity contribution in [2.24, 2.45) is 0 Å². The number of carbonyl (C=O) groups is 1. The van der Waals surface area contributed by atoms with Crippen molar-refractivity contribution < 1.29 is 9.53 Å². The summed E-state index contributed by atoms with van der Waals surface area (Å²) in [7, 11) is 0. The van der Waals surface area contributed by atoms with Gasteiger partial charge in [0.25, 0.3) is 5.91 Å². The number of nitrogens with one attached hydrogen (secondary N) is 1. The fourth-order valence-corrected chi connectivity index (χ4v) is 6.45. The topological polar surface area (TPSA) is 103 Å². The third-order valence-electron chi connectivity index (χ3n) is 7.36. The van der Waals surface area contributed by atoms with Gasteiger partial charge in [-0.05, 0) is 24.3 Å². The van der Waals surface area contributed by atoms with E-state index in [9.17, 15) is 4.79 Å². The van der Waals surface area contributed by atoms with Crippen molar-refractivity contribution in [1.82, 2.24) is 34.9 Å². The second kappa shape index (κ2) is 10.3. The molecule has 7 rings (SSSR count). The molecule has 10 nitrogen and oxygen atoms in total. The van der Waals surface area contributed by atoms with E-state index in [1.165, 1.54) is 4.88 Å². The summed E-state index contributed by atoms with van der Waals surface area (Å²) >= 11 is 1.77. The Bertz CT molecular complexity index is 1620. The van der Waals surface area contributed by atoms with Crippen LogP contribution in [0.5, 0.6) is 0 Å². The Labute approximate surface area is 229 Å². The molecule has 11 heteroatoms. The fourth-order valence-electron chi connectivity index (χ4n) is 5.30. The number of morpholine rings is 1. The molecular formula is C28H28N8O2S. The number of aromatic nitrogens is 5. The van der Waals surface area contributed by atoms with Gasteiger partial charge in [-0.25, -0.2) is 9.97 Å². The van der Waals surface area contributed by atoms with E-state index >= 15 is 0 Å². The summed E-state index contributed by atoms with van der Waals surface area (Å²) in [6.07, 6.45) is 3.50. The zero-order chi connectivity index (χ0) is 26.2. The predicted molar refractivity (Wildman–Crippen MR) is 151 cm³/mol. The van der Waals surface area contributed by atoms with Gasteiger partial charge in [0.1, 0.15) is 5.69 Å². The van der Waals surface area contributed by atoms with Crippen LogP contribution in [0.4, 0.5) is 5.82 Å². The summed E-state index contributed by atoms with van der Waals surface area (Å²) in [6, 6.07) is 13.7. The highest BCUT2D eigenvalue weighted by molar-refractivity contribution is 7.19. The number of amides is 1. The van der Waals surface area contributed by atoms with Gasteiger partial charge in [-0.3, -0.25) is 19.8 Å². The third-order valence-corrected chi connectivity index (χ3v) is 8.47. The van der Waals surface area contributed by atoms with Crippen LogP contribution in [-0.4, -0.2) is 93.3 Å². The van der Waals surface area contributed by atoms with Crippen molar-refractivity contribution >= 4 is 44.2 Å². The lowest BCUT2D eigenvalue weighted by atomic mass is 10.1. The molecule has 1 aromatic carbocycles. The van der Waals surface area contributed by atoms with Crippen LogP contribution in [0.25, 0.3) is 32.5 Å². The number of carbonyl (C=O) groups excluding carboxylic acids is 1. The number of pyridine rings is 1. The van der Waals surface area contributed by atoms with Gasteiger partial charge in [0, 0.05) is 67.8 Å². The van der Waals surface area contributed by atoms with Gasteiger partial charge >= 0.3 is 0 Å². The Morgan fingerprint density at radius 2 is 1.87 bits per heavy atom. The summed E-state index contributed by atoms with van der Waals surface area (Å²) in [6.45, 7) is 6.85. The number of benzene rings is 1. The number of ether oxygens (including phenoxy) is 1. The van der Waals surface area contributed by atoms with Crippen LogP contribution in [0.15, 0.2) is 54.9 Å². The van der Waals surface area contributed by atoms with Gasteiger partial charge < -0.3 is 14.5 Å². The number of rotatable bonds is 5. The molecule has 0 radical (unpaired) electrons. The predicted octanol–water partition coefficient (Wildman–Crippen LogP) is 3.42. The molecule has 2 aliphatic heterocycles. The maximum atomic E-state index is 12.8. The number of hydrogen-bond acceptors (Lipinski definition) is 9. The molecule has 4 aromatic heterocycles. The summed E-state index contributed by atoms with van der Waals surface area (Å²) in [5, 5.41) is 8.29. The van der Waals surface area contributed by atoms with Crippen LogP contribution in [-0.2, 0) is 11.3 Å². The number of piperazine rings is 1. The van der Waals surface area contributed by atoms with Crippen molar-refractivity contribution in [2.75, 3.05) is 57.4 Å². The van der Waals surface area contributed by atoms with E-state index in [1.54, 1.807) is 23.6 Å². The molecule has 198 valence electrons. The second-order valence-corrected chi connectivity index (χ2v) is 11.0. The van der Waals surface area contributed by atoms with Crippen molar-refractivity contribution in [1.29, 1.82) is 0 Å². The Morgan fingerprint density at radius 1 is 1.00 bits per heavy atom. The number of nitrogens with zero attached hydrogens (tertiary/aromatic N) is 7. The smallest absolute Gasteiger partial charge is 0.272 e. The normalized spacial score (nSPS) is 16.8. The quantitative estimate of drug-likeness (QED) is 0.362. The average molecular weight is 541 g/mol. The zero-order valence-corrected chi connectivity index (χ0v) is 22.2. The number of hydrogen-bond donors (Lipinski definition) is 1. The Kier molecular flexibility index (Phi) is 6.39. The molecule has 1 N–H and O–H groups in total. The number of aromatic amines is 1. The van der Waals surface area contributed by atoms with Gasteiger partial charge in [-0.1, -0.05) is 18.2 Å².